The third kappa shape index (κ3) is 4.80. The Morgan fingerprint density at radius 2 is 1.32 bits per heavy atom. The van der Waals surface area contributed by atoms with Gasteiger partial charge in [-0.1, -0.05) is 107 Å². The smallest absolute Gasteiger partial charge is 0.119 e. The van der Waals surface area contributed by atoms with Gasteiger partial charge in [0.05, 0.1) is 6.10 Å². The summed E-state index contributed by atoms with van der Waals surface area (Å²) >= 11 is 0. The molecule has 1 aromatic rings. The molecule has 2 heteroatoms. The van der Waals surface area contributed by atoms with Crippen molar-refractivity contribution in [2.24, 2.45) is 21.7 Å². The van der Waals surface area contributed by atoms with E-state index in [4.69, 9.17) is 0 Å². The molecule has 1 aromatic carbocycles. The molecule has 0 aromatic heterocycles. The summed E-state index contributed by atoms with van der Waals surface area (Å²) in [6.07, 6.45) is 4.45. The predicted molar refractivity (Wildman–Crippen MR) is 133 cm³/mol. The second-order valence-corrected chi connectivity index (χ2v) is 13.6. The Morgan fingerprint density at radius 1 is 0.806 bits per heavy atom. The molecule has 0 bridgehead atoms. The van der Waals surface area contributed by atoms with Crippen molar-refractivity contribution in [3.63, 3.8) is 0 Å². The average molecular weight is 427 g/mol. The highest BCUT2D eigenvalue weighted by atomic mass is 16.3. The van der Waals surface area contributed by atoms with Crippen LogP contribution in [0.5, 0.6) is 5.75 Å². The lowest BCUT2D eigenvalue weighted by Gasteiger charge is -2.57. The molecule has 0 heterocycles. The number of allylic oxidation sites excluding steroid dienone is 2. The Bertz CT molecular complexity index is 857. The molecule has 0 radical (unpaired) electrons. The largest absolute Gasteiger partial charge is 0.508 e. The van der Waals surface area contributed by atoms with E-state index in [9.17, 15) is 10.2 Å². The van der Waals surface area contributed by atoms with Crippen molar-refractivity contribution in [2.75, 3.05) is 0 Å². The van der Waals surface area contributed by atoms with Crippen LogP contribution >= 0.6 is 0 Å². The zero-order valence-electron chi connectivity index (χ0n) is 22.1. The predicted octanol–water partition coefficient (Wildman–Crippen LogP) is 7.58. The summed E-state index contributed by atoms with van der Waals surface area (Å²) in [5.41, 5.74) is 3.51. The number of hydrogen-bond acceptors (Lipinski definition) is 2. The first kappa shape index (κ1) is 25.7. The molecule has 0 saturated heterocycles. The zero-order chi connectivity index (χ0) is 24.2. The molecule has 0 aliphatic heterocycles. The minimum Gasteiger partial charge on any atom is -0.508 e. The van der Waals surface area contributed by atoms with Crippen LogP contribution in [0, 0.1) is 21.7 Å². The minimum atomic E-state index is -0.628. The van der Waals surface area contributed by atoms with E-state index < -0.39 is 11.5 Å². The summed E-state index contributed by atoms with van der Waals surface area (Å²) in [5.74, 6) is 0.296. The lowest BCUT2D eigenvalue weighted by atomic mass is 9.48. The van der Waals surface area contributed by atoms with Gasteiger partial charge in [-0.05, 0) is 56.4 Å². The highest BCUT2D eigenvalue weighted by molar-refractivity contribution is 5.47. The highest BCUT2D eigenvalue weighted by Gasteiger charge is 2.56. The van der Waals surface area contributed by atoms with Crippen LogP contribution in [-0.2, 0) is 11.8 Å². The Hall–Kier alpha value is -1.54. The number of rotatable bonds is 2. The lowest BCUT2D eigenvalue weighted by Crippen LogP contribution is -2.55. The van der Waals surface area contributed by atoms with Crippen molar-refractivity contribution in [3.8, 4) is 5.75 Å². The SMILES string of the molecule is CC(C)(C)C1=CC(C(C)(C)C)(C(C)(C)C)C(O)C(Cc2cc(C(C)(C)C)ccc2O)=C1. The molecule has 2 N–H and O–H groups in total. The molecule has 2 nitrogen and oxygen atoms in total. The van der Waals surface area contributed by atoms with Crippen LogP contribution in [-0.4, -0.2) is 16.3 Å². The summed E-state index contributed by atoms with van der Waals surface area (Å²) in [6.45, 7) is 26.7. The minimum absolute atomic E-state index is 0.000930. The van der Waals surface area contributed by atoms with Crippen LogP contribution in [0.1, 0.15) is 94.2 Å². The standard InChI is InChI=1S/C29H46O2/c1-25(2,3)21-13-14-23(30)19(16-21)15-20-17-22(26(4,5)6)18-29(24(20)31,27(7,8)9)28(10,11)12/h13-14,16-18,24,30-31H,15H2,1-12H3. The highest BCUT2D eigenvalue weighted by Crippen LogP contribution is 2.59. The Labute approximate surface area is 191 Å². The molecular formula is C29H46O2. The van der Waals surface area contributed by atoms with Gasteiger partial charge in [0, 0.05) is 5.41 Å². The van der Waals surface area contributed by atoms with E-state index in [0.717, 1.165) is 11.1 Å². The molecule has 174 valence electrons. The Balaban J connectivity index is 2.71. The van der Waals surface area contributed by atoms with Gasteiger partial charge in [-0.3, -0.25) is 0 Å². The number of phenolic OH excluding ortho intramolecular Hbond substituents is 1. The maximum absolute atomic E-state index is 11.9. The van der Waals surface area contributed by atoms with Gasteiger partial charge in [-0.15, -0.1) is 0 Å². The second-order valence-electron chi connectivity index (χ2n) is 13.6. The van der Waals surface area contributed by atoms with Crippen molar-refractivity contribution in [1.82, 2.24) is 0 Å². The van der Waals surface area contributed by atoms with Crippen LogP contribution < -0.4 is 0 Å². The third-order valence-electron chi connectivity index (χ3n) is 7.19. The molecule has 1 aliphatic rings. The summed E-state index contributed by atoms with van der Waals surface area (Å²) in [5, 5.41) is 22.6. The van der Waals surface area contributed by atoms with Crippen molar-refractivity contribution >= 4 is 0 Å². The Morgan fingerprint density at radius 3 is 1.74 bits per heavy atom. The van der Waals surface area contributed by atoms with Gasteiger partial charge >= 0.3 is 0 Å². The maximum Gasteiger partial charge on any atom is 0.119 e. The van der Waals surface area contributed by atoms with Crippen LogP contribution in [0.15, 0.2) is 41.5 Å². The topological polar surface area (TPSA) is 40.5 Å². The number of aliphatic hydroxyl groups is 1. The zero-order valence-corrected chi connectivity index (χ0v) is 22.1. The first-order chi connectivity index (χ1) is 13.7. The van der Waals surface area contributed by atoms with Gasteiger partial charge in [0.15, 0.2) is 0 Å². The molecule has 0 fully saturated rings. The van der Waals surface area contributed by atoms with E-state index in [2.05, 4.69) is 101 Å². The average Bonchev–Trinajstić information content (AvgIpc) is 2.54. The monoisotopic (exact) mass is 426 g/mol. The van der Waals surface area contributed by atoms with Gasteiger partial charge in [0.1, 0.15) is 5.75 Å². The van der Waals surface area contributed by atoms with Gasteiger partial charge in [-0.2, -0.15) is 0 Å². The molecule has 1 unspecified atom stereocenters. The third-order valence-corrected chi connectivity index (χ3v) is 7.19. The lowest BCUT2D eigenvalue weighted by molar-refractivity contribution is -0.0779. The second kappa shape index (κ2) is 7.80. The van der Waals surface area contributed by atoms with Gasteiger partial charge < -0.3 is 10.2 Å². The van der Waals surface area contributed by atoms with Crippen molar-refractivity contribution < 1.29 is 10.2 Å². The van der Waals surface area contributed by atoms with E-state index >= 15 is 0 Å². The number of aliphatic hydroxyl groups excluding tert-OH is 1. The van der Waals surface area contributed by atoms with Crippen LogP contribution in [0.3, 0.4) is 0 Å². The van der Waals surface area contributed by atoms with E-state index in [1.807, 2.05) is 6.07 Å². The number of aromatic hydroxyl groups is 1. The van der Waals surface area contributed by atoms with E-state index in [-0.39, 0.29) is 21.7 Å². The Kier molecular flexibility index (Phi) is 6.47. The summed E-state index contributed by atoms with van der Waals surface area (Å²) < 4.78 is 0. The first-order valence-electron chi connectivity index (χ1n) is 11.7. The maximum atomic E-state index is 11.9. The van der Waals surface area contributed by atoms with E-state index in [1.54, 1.807) is 6.07 Å². The fourth-order valence-corrected chi connectivity index (χ4v) is 5.31. The van der Waals surface area contributed by atoms with Gasteiger partial charge in [-0.25, -0.2) is 0 Å². The van der Waals surface area contributed by atoms with Gasteiger partial charge in [0.25, 0.3) is 0 Å². The van der Waals surface area contributed by atoms with E-state index in [0.29, 0.717) is 12.2 Å². The normalized spacial score (nSPS) is 20.4. The summed E-state index contributed by atoms with van der Waals surface area (Å²) in [6, 6.07) is 5.90. The van der Waals surface area contributed by atoms with Crippen molar-refractivity contribution in [1.29, 1.82) is 0 Å². The number of phenols is 1. The molecule has 0 saturated carbocycles. The molecular weight excluding hydrogens is 380 g/mol. The molecule has 31 heavy (non-hydrogen) atoms. The molecule has 2 rings (SSSR count). The number of hydrogen-bond donors (Lipinski definition) is 2. The van der Waals surface area contributed by atoms with E-state index in [1.165, 1.54) is 11.1 Å². The molecule has 1 atom stereocenters. The molecule has 0 spiro atoms. The fourth-order valence-electron chi connectivity index (χ4n) is 5.31. The molecule has 1 aliphatic carbocycles. The van der Waals surface area contributed by atoms with Crippen LogP contribution in [0.4, 0.5) is 0 Å². The first-order valence-corrected chi connectivity index (χ1v) is 11.7. The quantitative estimate of drug-likeness (QED) is 0.511. The summed E-state index contributed by atoms with van der Waals surface area (Å²) in [4.78, 5) is 0. The molecule has 0 amide bonds. The van der Waals surface area contributed by atoms with Gasteiger partial charge in [0.2, 0.25) is 0 Å². The van der Waals surface area contributed by atoms with Crippen molar-refractivity contribution in [3.05, 3.63) is 52.6 Å². The summed E-state index contributed by atoms with van der Waals surface area (Å²) in [7, 11) is 0. The van der Waals surface area contributed by atoms with Crippen LogP contribution in [0.25, 0.3) is 0 Å². The number of benzene rings is 1. The fraction of sp³-hybridized carbons (Fsp3) is 0.655. The van der Waals surface area contributed by atoms with Crippen molar-refractivity contribution in [2.45, 2.75) is 101 Å². The van der Waals surface area contributed by atoms with Crippen LogP contribution in [0.2, 0.25) is 0 Å².